The van der Waals surface area contributed by atoms with Crippen molar-refractivity contribution in [3.05, 3.63) is 54.4 Å². The molecular weight excluding hydrogens is 404 g/mol. The molecule has 1 aliphatic rings. The van der Waals surface area contributed by atoms with E-state index in [1.54, 1.807) is 12.1 Å². The third-order valence-electron chi connectivity index (χ3n) is 5.70. The monoisotopic (exact) mass is 434 g/mol. The molecule has 7 heteroatoms. The van der Waals surface area contributed by atoms with Gasteiger partial charge >= 0.3 is 0 Å². The molecule has 7 nitrogen and oxygen atoms in total. The normalized spacial score (nSPS) is 15.5. The number of carbonyl (C=O) groups excluding carboxylic acids is 2. The summed E-state index contributed by atoms with van der Waals surface area (Å²) in [7, 11) is 0. The Morgan fingerprint density at radius 1 is 1.12 bits per heavy atom. The standard InChI is InChI=1S/C25H30N4O3/c1-2-3-14-26-15-6-17-32-19-11-9-18(10-12-19)27-25(31)23-22(30)13-16-29-21-8-5-4-7-20(21)28-24(23)29/h4-5,7-12,23,26H,2-3,6,13-17H2,1H3,(H,27,31). The average molecular weight is 435 g/mol. The van der Waals surface area contributed by atoms with Crippen molar-refractivity contribution in [1.29, 1.82) is 0 Å². The zero-order chi connectivity index (χ0) is 22.3. The first-order chi connectivity index (χ1) is 15.7. The van der Waals surface area contributed by atoms with Crippen LogP contribution in [0.1, 0.15) is 44.3 Å². The minimum Gasteiger partial charge on any atom is -0.494 e. The van der Waals surface area contributed by atoms with Gasteiger partial charge in [0.1, 0.15) is 11.6 Å². The summed E-state index contributed by atoms with van der Waals surface area (Å²) < 4.78 is 7.75. The van der Waals surface area contributed by atoms with Crippen LogP contribution in [-0.4, -0.2) is 40.9 Å². The molecule has 2 aromatic carbocycles. The Morgan fingerprint density at radius 2 is 1.91 bits per heavy atom. The van der Waals surface area contributed by atoms with Crippen LogP contribution >= 0.6 is 0 Å². The van der Waals surface area contributed by atoms with Gasteiger partial charge in [-0.05, 0) is 62.3 Å². The second kappa shape index (κ2) is 10.4. The molecule has 2 N–H and O–H groups in total. The molecule has 0 spiro atoms. The molecule has 0 aliphatic carbocycles. The van der Waals surface area contributed by atoms with E-state index in [0.717, 1.165) is 36.3 Å². The summed E-state index contributed by atoms with van der Waals surface area (Å²) in [5, 5.41) is 6.26. The van der Waals surface area contributed by atoms with Crippen LogP contribution in [0.25, 0.3) is 11.0 Å². The first-order valence-electron chi connectivity index (χ1n) is 11.4. The SMILES string of the molecule is CCCCNCCCOc1ccc(NC(=O)C2C(=O)CCn3c2nc2ccccc23)cc1. The smallest absolute Gasteiger partial charge is 0.242 e. The predicted molar refractivity (Wildman–Crippen MR) is 125 cm³/mol. The van der Waals surface area contributed by atoms with Gasteiger partial charge in [-0.25, -0.2) is 4.98 Å². The Bertz CT molecular complexity index is 1070. The highest BCUT2D eigenvalue weighted by atomic mass is 16.5. The average Bonchev–Trinajstić information content (AvgIpc) is 3.17. The topological polar surface area (TPSA) is 85.3 Å². The Morgan fingerprint density at radius 3 is 2.72 bits per heavy atom. The molecule has 3 aromatic rings. The van der Waals surface area contributed by atoms with Crippen molar-refractivity contribution in [2.24, 2.45) is 0 Å². The van der Waals surface area contributed by atoms with Gasteiger partial charge in [0.2, 0.25) is 5.91 Å². The van der Waals surface area contributed by atoms with Crippen molar-refractivity contribution < 1.29 is 14.3 Å². The molecule has 0 fully saturated rings. The summed E-state index contributed by atoms with van der Waals surface area (Å²) in [5.41, 5.74) is 2.39. The number of nitrogens with zero attached hydrogens (tertiary/aromatic N) is 2. The molecule has 168 valence electrons. The van der Waals surface area contributed by atoms with E-state index in [-0.39, 0.29) is 11.7 Å². The van der Waals surface area contributed by atoms with E-state index in [2.05, 4.69) is 22.5 Å². The van der Waals surface area contributed by atoms with E-state index < -0.39 is 5.92 Å². The zero-order valence-corrected chi connectivity index (χ0v) is 18.5. The Kier molecular flexibility index (Phi) is 7.17. The molecular formula is C25H30N4O3. The number of para-hydroxylation sites is 2. The minimum atomic E-state index is -0.896. The van der Waals surface area contributed by atoms with Gasteiger partial charge < -0.3 is 19.9 Å². The first kappa shape index (κ1) is 22.0. The van der Waals surface area contributed by atoms with Crippen LogP contribution in [-0.2, 0) is 16.1 Å². The number of ketones is 1. The number of unbranched alkanes of at least 4 members (excludes halogenated alkanes) is 1. The fourth-order valence-electron chi connectivity index (χ4n) is 3.99. The van der Waals surface area contributed by atoms with E-state index in [9.17, 15) is 9.59 Å². The molecule has 1 amide bonds. The van der Waals surface area contributed by atoms with Gasteiger partial charge in [-0.15, -0.1) is 0 Å². The van der Waals surface area contributed by atoms with Crippen molar-refractivity contribution in [3.8, 4) is 5.75 Å². The lowest BCUT2D eigenvalue weighted by Crippen LogP contribution is -2.34. The summed E-state index contributed by atoms with van der Waals surface area (Å²) in [5.74, 6) is -0.0669. The third-order valence-corrected chi connectivity index (χ3v) is 5.70. The van der Waals surface area contributed by atoms with Gasteiger partial charge in [-0.2, -0.15) is 0 Å². The second-order valence-electron chi connectivity index (χ2n) is 8.08. The van der Waals surface area contributed by atoms with Gasteiger partial charge in [0, 0.05) is 18.7 Å². The third kappa shape index (κ3) is 4.99. The van der Waals surface area contributed by atoms with Gasteiger partial charge in [0.25, 0.3) is 0 Å². The van der Waals surface area contributed by atoms with Crippen LogP contribution in [0.15, 0.2) is 48.5 Å². The van der Waals surface area contributed by atoms with E-state index in [0.29, 0.717) is 31.1 Å². The van der Waals surface area contributed by atoms with Gasteiger partial charge in [0.05, 0.1) is 17.6 Å². The predicted octanol–water partition coefficient (Wildman–Crippen LogP) is 3.89. The Balaban J connectivity index is 1.35. The largest absolute Gasteiger partial charge is 0.494 e. The number of nitrogens with one attached hydrogen (secondary N) is 2. The van der Waals surface area contributed by atoms with Crippen LogP contribution in [0.2, 0.25) is 0 Å². The highest BCUT2D eigenvalue weighted by Crippen LogP contribution is 2.29. The molecule has 1 unspecified atom stereocenters. The molecule has 32 heavy (non-hydrogen) atoms. The molecule has 1 atom stereocenters. The number of aryl methyl sites for hydroxylation is 1. The molecule has 1 aliphatic heterocycles. The number of Topliss-reactive ketones (excluding diaryl/α,β-unsaturated/α-hetero) is 1. The zero-order valence-electron chi connectivity index (χ0n) is 18.5. The number of anilines is 1. The molecule has 0 bridgehead atoms. The summed E-state index contributed by atoms with van der Waals surface area (Å²) in [6.45, 7) is 5.36. The van der Waals surface area contributed by atoms with Crippen LogP contribution in [0, 0.1) is 0 Å². The minimum absolute atomic E-state index is 0.0993. The fraction of sp³-hybridized carbons (Fsp3) is 0.400. The van der Waals surface area contributed by atoms with Gasteiger partial charge in [-0.1, -0.05) is 25.5 Å². The first-order valence-corrected chi connectivity index (χ1v) is 11.4. The molecule has 0 saturated heterocycles. The number of rotatable bonds is 10. The number of hydrogen-bond donors (Lipinski definition) is 2. The maximum absolute atomic E-state index is 13.0. The number of ether oxygens (including phenoxy) is 1. The van der Waals surface area contributed by atoms with E-state index in [1.165, 1.54) is 12.8 Å². The van der Waals surface area contributed by atoms with Crippen molar-refractivity contribution >= 4 is 28.4 Å². The Labute approximate surface area is 188 Å². The van der Waals surface area contributed by atoms with Crippen LogP contribution in [0.5, 0.6) is 5.75 Å². The maximum Gasteiger partial charge on any atom is 0.242 e. The summed E-state index contributed by atoms with van der Waals surface area (Å²) in [4.78, 5) is 30.2. The lowest BCUT2D eigenvalue weighted by Gasteiger charge is -2.22. The maximum atomic E-state index is 13.0. The Hall–Kier alpha value is -3.19. The second-order valence-corrected chi connectivity index (χ2v) is 8.08. The molecule has 0 radical (unpaired) electrons. The summed E-state index contributed by atoms with van der Waals surface area (Å²) in [6.07, 6.45) is 3.65. The van der Waals surface area contributed by atoms with Gasteiger partial charge in [-0.3, -0.25) is 9.59 Å². The van der Waals surface area contributed by atoms with E-state index in [1.807, 2.05) is 41.0 Å². The summed E-state index contributed by atoms with van der Waals surface area (Å²) in [6, 6.07) is 15.0. The summed E-state index contributed by atoms with van der Waals surface area (Å²) >= 11 is 0. The molecule has 1 aromatic heterocycles. The van der Waals surface area contributed by atoms with Crippen molar-refractivity contribution in [3.63, 3.8) is 0 Å². The van der Waals surface area contributed by atoms with Crippen LogP contribution in [0.3, 0.4) is 0 Å². The molecule has 4 rings (SSSR count). The highest BCUT2D eigenvalue weighted by molar-refractivity contribution is 6.12. The van der Waals surface area contributed by atoms with Crippen molar-refractivity contribution in [2.45, 2.75) is 45.1 Å². The molecule has 0 saturated carbocycles. The number of fused-ring (bicyclic) bond motifs is 3. The van der Waals surface area contributed by atoms with Gasteiger partial charge in [0.15, 0.2) is 11.7 Å². The van der Waals surface area contributed by atoms with Crippen molar-refractivity contribution in [2.75, 3.05) is 25.0 Å². The van der Waals surface area contributed by atoms with Crippen LogP contribution < -0.4 is 15.4 Å². The van der Waals surface area contributed by atoms with Crippen molar-refractivity contribution in [1.82, 2.24) is 14.9 Å². The van der Waals surface area contributed by atoms with Crippen LogP contribution in [0.4, 0.5) is 5.69 Å². The fourth-order valence-corrected chi connectivity index (χ4v) is 3.99. The number of carbonyl (C=O) groups is 2. The van der Waals surface area contributed by atoms with E-state index >= 15 is 0 Å². The number of aromatic nitrogens is 2. The lowest BCUT2D eigenvalue weighted by molar-refractivity contribution is -0.128. The quantitative estimate of drug-likeness (QED) is 0.374. The number of amides is 1. The van der Waals surface area contributed by atoms with E-state index in [4.69, 9.17) is 4.74 Å². The molecule has 2 heterocycles. The highest BCUT2D eigenvalue weighted by Gasteiger charge is 2.36. The number of hydrogen-bond acceptors (Lipinski definition) is 5. The number of benzene rings is 2. The lowest BCUT2D eigenvalue weighted by atomic mass is 9.96. The number of imidazole rings is 1.